The maximum atomic E-state index is 13.6. The average Bonchev–Trinajstić information content (AvgIpc) is 3.11. The van der Waals surface area contributed by atoms with Crippen LogP contribution in [0.1, 0.15) is 27.2 Å². The lowest BCUT2D eigenvalue weighted by atomic mass is 9.91. The molecule has 0 radical (unpaired) electrons. The number of hydrogen-bond acceptors (Lipinski definition) is 6. The first-order valence-electron chi connectivity index (χ1n) is 9.67. The number of benzene rings is 1. The molecule has 3 aromatic rings. The van der Waals surface area contributed by atoms with Crippen molar-refractivity contribution in [3.05, 3.63) is 36.4 Å². The van der Waals surface area contributed by atoms with Crippen molar-refractivity contribution in [2.75, 3.05) is 31.1 Å². The lowest BCUT2D eigenvalue weighted by molar-refractivity contribution is -0.133. The van der Waals surface area contributed by atoms with Crippen molar-refractivity contribution in [3.63, 3.8) is 0 Å². The smallest absolute Gasteiger partial charge is 0.223 e. The number of hydrogen-bond donors (Lipinski definition) is 0. The highest BCUT2D eigenvalue weighted by molar-refractivity contribution is 5.84. The second-order valence-electron chi connectivity index (χ2n) is 8.46. The van der Waals surface area contributed by atoms with Crippen molar-refractivity contribution in [3.8, 4) is 5.69 Å². The van der Waals surface area contributed by atoms with E-state index in [4.69, 9.17) is 0 Å². The molecule has 0 saturated carbocycles. The monoisotopic (exact) mass is 397 g/mol. The molecule has 1 aliphatic rings. The predicted molar refractivity (Wildman–Crippen MR) is 107 cm³/mol. The first-order valence-corrected chi connectivity index (χ1v) is 9.67. The Bertz CT molecular complexity index is 1030. The molecule has 1 saturated heterocycles. The van der Waals surface area contributed by atoms with Gasteiger partial charge in [0.25, 0.3) is 0 Å². The summed E-state index contributed by atoms with van der Waals surface area (Å²) < 4.78 is 15.1. The van der Waals surface area contributed by atoms with Crippen LogP contribution in [0.4, 0.5) is 10.2 Å². The van der Waals surface area contributed by atoms with Crippen LogP contribution in [0.25, 0.3) is 16.9 Å². The molecule has 0 bridgehead atoms. The molecule has 9 heteroatoms. The quantitative estimate of drug-likeness (QED) is 0.675. The summed E-state index contributed by atoms with van der Waals surface area (Å²) in [5.74, 6) is 0.513. The van der Waals surface area contributed by atoms with Gasteiger partial charge in [-0.2, -0.15) is 4.68 Å². The summed E-state index contributed by atoms with van der Waals surface area (Å²) in [7, 11) is 0. The van der Waals surface area contributed by atoms with E-state index in [0.717, 1.165) is 0 Å². The van der Waals surface area contributed by atoms with Gasteiger partial charge < -0.3 is 9.80 Å². The predicted octanol–water partition coefficient (Wildman–Crippen LogP) is 2.43. The Morgan fingerprint density at radius 3 is 2.59 bits per heavy atom. The molecule has 2 aromatic heterocycles. The maximum Gasteiger partial charge on any atom is 0.223 e. The molecule has 152 valence electrons. The van der Waals surface area contributed by atoms with Gasteiger partial charge in [0, 0.05) is 32.6 Å². The van der Waals surface area contributed by atoms with Gasteiger partial charge >= 0.3 is 0 Å². The van der Waals surface area contributed by atoms with Crippen molar-refractivity contribution in [2.45, 2.75) is 27.2 Å². The van der Waals surface area contributed by atoms with Crippen LogP contribution in [0.2, 0.25) is 0 Å². The molecule has 1 amide bonds. The highest BCUT2D eigenvalue weighted by Crippen LogP contribution is 2.25. The van der Waals surface area contributed by atoms with Gasteiger partial charge in [-0.05, 0) is 23.6 Å². The largest absolute Gasteiger partial charge is 0.351 e. The fourth-order valence-corrected chi connectivity index (χ4v) is 3.48. The van der Waals surface area contributed by atoms with Crippen LogP contribution in [0, 0.1) is 11.2 Å². The van der Waals surface area contributed by atoms with Gasteiger partial charge in [-0.3, -0.25) is 4.79 Å². The molecule has 0 spiro atoms. The summed E-state index contributed by atoms with van der Waals surface area (Å²) in [5, 5.41) is 8.40. The third kappa shape index (κ3) is 4.03. The van der Waals surface area contributed by atoms with Crippen molar-refractivity contribution in [1.82, 2.24) is 29.9 Å². The van der Waals surface area contributed by atoms with Crippen LogP contribution in [0.3, 0.4) is 0 Å². The van der Waals surface area contributed by atoms with Crippen LogP contribution in [0.5, 0.6) is 0 Å². The standard InChI is InChI=1S/C20H24FN7O/c1-20(2,3)12-16(29)26-7-9-27(10-8-26)18-17-19(23-13-22-18)28(25-24-17)15-6-4-5-14(21)11-15/h4-6,11,13H,7-10,12H2,1-3H3. The minimum Gasteiger partial charge on any atom is -0.351 e. The number of carbonyl (C=O) groups excluding carboxylic acids is 1. The van der Waals surface area contributed by atoms with Gasteiger partial charge in [0.1, 0.15) is 12.1 Å². The first kappa shape index (κ1) is 19.2. The topological polar surface area (TPSA) is 80.0 Å². The van der Waals surface area contributed by atoms with E-state index in [1.807, 2.05) is 4.90 Å². The van der Waals surface area contributed by atoms with Gasteiger partial charge in [0.15, 0.2) is 17.0 Å². The highest BCUT2D eigenvalue weighted by atomic mass is 19.1. The number of rotatable bonds is 3. The Morgan fingerprint density at radius 2 is 1.90 bits per heavy atom. The molecular weight excluding hydrogens is 373 g/mol. The van der Waals surface area contributed by atoms with E-state index in [1.165, 1.54) is 23.1 Å². The molecule has 8 nitrogen and oxygen atoms in total. The second kappa shape index (κ2) is 7.38. The van der Waals surface area contributed by atoms with Gasteiger partial charge in [0.05, 0.1) is 5.69 Å². The SMILES string of the molecule is CC(C)(C)CC(=O)N1CCN(c2ncnc3c2nnn3-c2cccc(F)c2)CC1. The Morgan fingerprint density at radius 1 is 1.14 bits per heavy atom. The van der Waals surface area contributed by atoms with Crippen molar-refractivity contribution in [1.29, 1.82) is 0 Å². The zero-order valence-corrected chi connectivity index (χ0v) is 16.8. The first-order chi connectivity index (χ1) is 13.8. The fourth-order valence-electron chi connectivity index (χ4n) is 3.48. The number of anilines is 1. The lowest BCUT2D eigenvalue weighted by Gasteiger charge is -2.36. The van der Waals surface area contributed by atoms with E-state index >= 15 is 0 Å². The van der Waals surface area contributed by atoms with E-state index in [2.05, 4.69) is 46.0 Å². The normalized spacial score (nSPS) is 15.2. The van der Waals surface area contributed by atoms with E-state index in [1.54, 1.807) is 12.1 Å². The Balaban J connectivity index is 1.55. The Labute approximate surface area is 168 Å². The highest BCUT2D eigenvalue weighted by Gasteiger charge is 2.27. The summed E-state index contributed by atoms with van der Waals surface area (Å²) >= 11 is 0. The number of piperazine rings is 1. The van der Waals surface area contributed by atoms with E-state index in [0.29, 0.717) is 55.3 Å². The minimum absolute atomic E-state index is 0.0253. The molecule has 0 aliphatic carbocycles. The van der Waals surface area contributed by atoms with E-state index in [9.17, 15) is 9.18 Å². The molecule has 0 N–H and O–H groups in total. The summed E-state index contributed by atoms with van der Waals surface area (Å²) in [5.41, 5.74) is 1.61. The summed E-state index contributed by atoms with van der Waals surface area (Å²) in [4.78, 5) is 25.2. The second-order valence-corrected chi connectivity index (χ2v) is 8.46. The minimum atomic E-state index is -0.350. The van der Waals surface area contributed by atoms with Crippen LogP contribution in [-0.2, 0) is 4.79 Å². The third-order valence-corrected chi connectivity index (χ3v) is 4.88. The molecular formula is C20H24FN7O. The summed E-state index contributed by atoms with van der Waals surface area (Å²) in [6, 6.07) is 6.13. The average molecular weight is 397 g/mol. The molecule has 1 aromatic carbocycles. The van der Waals surface area contributed by atoms with Gasteiger partial charge in [0.2, 0.25) is 5.91 Å². The van der Waals surface area contributed by atoms with Crippen LogP contribution >= 0.6 is 0 Å². The summed E-state index contributed by atoms with van der Waals surface area (Å²) in [6.45, 7) is 8.81. The number of amides is 1. The number of halogens is 1. The fraction of sp³-hybridized carbons (Fsp3) is 0.450. The van der Waals surface area contributed by atoms with Gasteiger partial charge in [-0.15, -0.1) is 5.10 Å². The summed E-state index contributed by atoms with van der Waals surface area (Å²) in [6.07, 6.45) is 2.00. The Hall–Kier alpha value is -3.10. The molecule has 1 fully saturated rings. The molecule has 0 unspecified atom stereocenters. The molecule has 4 rings (SSSR count). The maximum absolute atomic E-state index is 13.6. The molecule has 1 aliphatic heterocycles. The Kier molecular flexibility index (Phi) is 4.89. The van der Waals surface area contributed by atoms with Gasteiger partial charge in [-0.1, -0.05) is 32.1 Å². The third-order valence-electron chi connectivity index (χ3n) is 4.88. The zero-order valence-electron chi connectivity index (χ0n) is 16.8. The van der Waals surface area contributed by atoms with Crippen LogP contribution in [-0.4, -0.2) is 61.9 Å². The molecule has 3 heterocycles. The van der Waals surface area contributed by atoms with Gasteiger partial charge in [-0.25, -0.2) is 14.4 Å². The van der Waals surface area contributed by atoms with E-state index < -0.39 is 0 Å². The number of carbonyl (C=O) groups is 1. The number of fused-ring (bicyclic) bond motifs is 1. The van der Waals surface area contributed by atoms with Crippen molar-refractivity contribution < 1.29 is 9.18 Å². The lowest BCUT2D eigenvalue weighted by Crippen LogP contribution is -2.49. The molecule has 0 atom stereocenters. The van der Waals surface area contributed by atoms with Crippen molar-refractivity contribution >= 4 is 22.9 Å². The number of nitrogens with zero attached hydrogens (tertiary/aromatic N) is 7. The van der Waals surface area contributed by atoms with Crippen LogP contribution < -0.4 is 4.90 Å². The van der Waals surface area contributed by atoms with Crippen molar-refractivity contribution in [2.24, 2.45) is 5.41 Å². The molecule has 29 heavy (non-hydrogen) atoms. The zero-order chi connectivity index (χ0) is 20.6. The van der Waals surface area contributed by atoms with E-state index in [-0.39, 0.29) is 17.1 Å². The number of aromatic nitrogens is 5. The van der Waals surface area contributed by atoms with Crippen LogP contribution in [0.15, 0.2) is 30.6 Å².